The van der Waals surface area contributed by atoms with Crippen molar-refractivity contribution in [2.75, 3.05) is 5.32 Å². The fraction of sp³-hybridized carbons (Fsp3) is 0.125. The van der Waals surface area contributed by atoms with Crippen LogP contribution in [0.15, 0.2) is 59.3 Å². The van der Waals surface area contributed by atoms with E-state index in [4.69, 9.17) is 0 Å². The van der Waals surface area contributed by atoms with Crippen LogP contribution in [0.5, 0.6) is 0 Å². The summed E-state index contributed by atoms with van der Waals surface area (Å²) in [5, 5.41) is 7.65. The van der Waals surface area contributed by atoms with Crippen molar-refractivity contribution in [2.24, 2.45) is 0 Å². The number of para-hydroxylation sites is 1. The van der Waals surface area contributed by atoms with Crippen molar-refractivity contribution >= 4 is 21.7 Å². The summed E-state index contributed by atoms with van der Waals surface area (Å²) in [5.41, 5.74) is 3.22. The number of anilines is 1. The highest BCUT2D eigenvalue weighted by molar-refractivity contribution is 9.10. The smallest absolute Gasteiger partial charge is 0.126 e. The molecule has 0 saturated carbocycles. The first kappa shape index (κ1) is 13.8. The van der Waals surface area contributed by atoms with Gasteiger partial charge in [-0.3, -0.25) is 0 Å². The minimum atomic E-state index is 0.699. The molecule has 0 fully saturated rings. The van der Waals surface area contributed by atoms with Crippen LogP contribution >= 0.6 is 15.9 Å². The van der Waals surface area contributed by atoms with Gasteiger partial charge in [0.05, 0.1) is 11.4 Å². The summed E-state index contributed by atoms with van der Waals surface area (Å²) in [6.45, 7) is 2.68. The molecule has 3 rings (SSSR count). The highest BCUT2D eigenvalue weighted by Crippen LogP contribution is 2.18. The lowest BCUT2D eigenvalue weighted by molar-refractivity contribution is 0.863. The molecule has 0 aliphatic carbocycles. The van der Waals surface area contributed by atoms with Gasteiger partial charge in [-0.05, 0) is 52.7 Å². The summed E-state index contributed by atoms with van der Waals surface area (Å²) in [5.74, 6) is 0.867. The quantitative estimate of drug-likeness (QED) is 0.780. The van der Waals surface area contributed by atoms with Gasteiger partial charge in [0.15, 0.2) is 0 Å². The Labute approximate surface area is 132 Å². The van der Waals surface area contributed by atoms with Gasteiger partial charge in [-0.2, -0.15) is 5.10 Å². The van der Waals surface area contributed by atoms with Crippen LogP contribution in [0.3, 0.4) is 0 Å². The average molecular weight is 343 g/mol. The third-order valence-electron chi connectivity index (χ3n) is 3.22. The van der Waals surface area contributed by atoms with E-state index in [0.29, 0.717) is 6.54 Å². The second-order valence-corrected chi connectivity index (χ2v) is 5.55. The molecule has 0 amide bonds. The minimum absolute atomic E-state index is 0.699. The molecule has 0 aliphatic heterocycles. The van der Waals surface area contributed by atoms with Gasteiger partial charge in [-0.15, -0.1) is 0 Å². The molecule has 0 radical (unpaired) electrons. The zero-order valence-corrected chi connectivity index (χ0v) is 13.2. The zero-order chi connectivity index (χ0) is 14.7. The van der Waals surface area contributed by atoms with Crippen molar-refractivity contribution in [1.82, 2.24) is 14.8 Å². The first-order valence-electron chi connectivity index (χ1n) is 6.69. The summed E-state index contributed by atoms with van der Waals surface area (Å²) >= 11 is 3.46. The first-order valence-corrected chi connectivity index (χ1v) is 7.48. The maximum atomic E-state index is 4.50. The number of hydrogen-bond acceptors (Lipinski definition) is 3. The summed E-state index contributed by atoms with van der Waals surface area (Å²) in [7, 11) is 0. The maximum Gasteiger partial charge on any atom is 0.126 e. The molecule has 0 bridgehead atoms. The lowest BCUT2D eigenvalue weighted by Crippen LogP contribution is -2.06. The number of nitrogens with one attached hydrogen (secondary N) is 1. The minimum Gasteiger partial charge on any atom is -0.366 e. The van der Waals surface area contributed by atoms with Crippen molar-refractivity contribution in [3.8, 4) is 5.69 Å². The highest BCUT2D eigenvalue weighted by atomic mass is 79.9. The van der Waals surface area contributed by atoms with Crippen LogP contribution < -0.4 is 5.32 Å². The standard InChI is InChI=1S/C16H15BrN4/c1-12-14(17)7-8-16(20-12)18-11-13-5-2-3-6-15(13)21-10-4-9-19-21/h2-10H,11H2,1H3,(H,18,20). The number of pyridine rings is 1. The van der Waals surface area contributed by atoms with Crippen LogP contribution in [0.2, 0.25) is 0 Å². The Kier molecular flexibility index (Phi) is 4.01. The van der Waals surface area contributed by atoms with Crippen LogP contribution in [0.4, 0.5) is 5.82 Å². The number of halogens is 1. The van der Waals surface area contributed by atoms with Gasteiger partial charge in [0.25, 0.3) is 0 Å². The molecule has 1 aromatic carbocycles. The summed E-state index contributed by atoms with van der Waals surface area (Å²) < 4.78 is 2.89. The van der Waals surface area contributed by atoms with Crippen molar-refractivity contribution in [3.63, 3.8) is 0 Å². The van der Waals surface area contributed by atoms with E-state index in [1.165, 1.54) is 5.56 Å². The van der Waals surface area contributed by atoms with Gasteiger partial charge in [0.2, 0.25) is 0 Å². The third kappa shape index (κ3) is 3.13. The molecule has 21 heavy (non-hydrogen) atoms. The van der Waals surface area contributed by atoms with Crippen molar-refractivity contribution < 1.29 is 0 Å². The molecule has 5 heteroatoms. The number of benzene rings is 1. The van der Waals surface area contributed by atoms with Crippen molar-refractivity contribution in [2.45, 2.75) is 13.5 Å². The molecule has 0 unspecified atom stereocenters. The second kappa shape index (κ2) is 6.10. The van der Waals surface area contributed by atoms with Crippen molar-refractivity contribution in [3.05, 3.63) is 70.6 Å². The van der Waals surface area contributed by atoms with Gasteiger partial charge < -0.3 is 5.32 Å². The number of hydrogen-bond donors (Lipinski definition) is 1. The van der Waals surface area contributed by atoms with E-state index in [9.17, 15) is 0 Å². The molecule has 106 valence electrons. The molecule has 0 spiro atoms. The van der Waals surface area contributed by atoms with Gasteiger partial charge in [-0.1, -0.05) is 18.2 Å². The highest BCUT2D eigenvalue weighted by Gasteiger charge is 2.05. The van der Waals surface area contributed by atoms with E-state index in [-0.39, 0.29) is 0 Å². The number of aryl methyl sites for hydroxylation is 1. The summed E-state index contributed by atoms with van der Waals surface area (Å²) in [6.07, 6.45) is 3.73. The largest absolute Gasteiger partial charge is 0.366 e. The Morgan fingerprint density at radius 3 is 2.76 bits per heavy atom. The van der Waals surface area contributed by atoms with Crippen LogP contribution in [-0.4, -0.2) is 14.8 Å². The fourth-order valence-corrected chi connectivity index (χ4v) is 2.34. The molecular weight excluding hydrogens is 328 g/mol. The number of aromatic nitrogens is 3. The van der Waals surface area contributed by atoms with Crippen LogP contribution in [0.1, 0.15) is 11.3 Å². The maximum absolute atomic E-state index is 4.50. The lowest BCUT2D eigenvalue weighted by atomic mass is 10.2. The Bertz CT molecular complexity index is 738. The SMILES string of the molecule is Cc1nc(NCc2ccccc2-n2cccn2)ccc1Br. The normalized spacial score (nSPS) is 10.6. The fourth-order valence-electron chi connectivity index (χ4n) is 2.12. The lowest BCUT2D eigenvalue weighted by Gasteiger charge is -2.11. The van der Waals surface area contributed by atoms with E-state index >= 15 is 0 Å². The van der Waals surface area contributed by atoms with E-state index in [1.54, 1.807) is 6.20 Å². The van der Waals surface area contributed by atoms with Gasteiger partial charge in [0.1, 0.15) is 5.82 Å². The molecule has 0 saturated heterocycles. The first-order chi connectivity index (χ1) is 10.2. The molecule has 2 aromatic heterocycles. The topological polar surface area (TPSA) is 42.7 Å². The molecule has 3 aromatic rings. The zero-order valence-electron chi connectivity index (χ0n) is 11.6. The van der Waals surface area contributed by atoms with E-state index in [1.807, 2.05) is 48.1 Å². The Balaban J connectivity index is 1.81. The molecule has 2 heterocycles. The summed E-state index contributed by atoms with van der Waals surface area (Å²) in [4.78, 5) is 4.50. The number of nitrogens with zero attached hydrogens (tertiary/aromatic N) is 3. The molecule has 1 N–H and O–H groups in total. The van der Waals surface area contributed by atoms with E-state index < -0.39 is 0 Å². The van der Waals surface area contributed by atoms with E-state index in [2.05, 4.69) is 43.5 Å². The Morgan fingerprint density at radius 1 is 1.14 bits per heavy atom. The van der Waals surface area contributed by atoms with Crippen LogP contribution in [-0.2, 0) is 6.54 Å². The number of rotatable bonds is 4. The average Bonchev–Trinajstić information content (AvgIpc) is 3.03. The third-order valence-corrected chi connectivity index (χ3v) is 4.06. The predicted molar refractivity (Wildman–Crippen MR) is 87.6 cm³/mol. The molecular formula is C16H15BrN4. The molecule has 4 nitrogen and oxygen atoms in total. The van der Waals surface area contributed by atoms with Crippen LogP contribution in [0, 0.1) is 6.92 Å². The second-order valence-electron chi connectivity index (χ2n) is 4.70. The van der Waals surface area contributed by atoms with Gasteiger partial charge in [-0.25, -0.2) is 9.67 Å². The van der Waals surface area contributed by atoms with E-state index in [0.717, 1.165) is 21.7 Å². The molecule has 0 aliphatic rings. The van der Waals surface area contributed by atoms with Gasteiger partial charge >= 0.3 is 0 Å². The van der Waals surface area contributed by atoms with Crippen LogP contribution in [0.25, 0.3) is 5.69 Å². The molecule has 0 atom stereocenters. The predicted octanol–water partition coefficient (Wildman–Crippen LogP) is 3.95. The van der Waals surface area contributed by atoms with Gasteiger partial charge in [0, 0.05) is 23.4 Å². The Morgan fingerprint density at radius 2 is 2.00 bits per heavy atom. The van der Waals surface area contributed by atoms with Crippen molar-refractivity contribution in [1.29, 1.82) is 0 Å². The summed E-state index contributed by atoms with van der Waals surface area (Å²) in [6, 6.07) is 14.1. The monoisotopic (exact) mass is 342 g/mol. The Hall–Kier alpha value is -2.14.